The highest BCUT2D eigenvalue weighted by molar-refractivity contribution is 6.00. The van der Waals surface area contributed by atoms with Gasteiger partial charge in [0, 0.05) is 26.3 Å². The lowest BCUT2D eigenvalue weighted by molar-refractivity contribution is 0.0964. The third kappa shape index (κ3) is 2.12. The van der Waals surface area contributed by atoms with Crippen molar-refractivity contribution in [2.45, 2.75) is 6.54 Å². The molecular formula is C11H14N4O. The largest absolute Gasteiger partial charge is 0.387 e. The highest BCUT2D eigenvalue weighted by Gasteiger charge is 2.13. The molecule has 1 aromatic carbocycles. The number of benzene rings is 1. The van der Waals surface area contributed by atoms with Crippen LogP contribution in [0, 0.1) is 11.3 Å². The van der Waals surface area contributed by atoms with E-state index in [1.165, 1.54) is 0 Å². The normalized spacial score (nSPS) is 9.38. The first-order valence-electron chi connectivity index (χ1n) is 4.84. The number of nitrogens with one attached hydrogen (secondary N) is 2. The summed E-state index contributed by atoms with van der Waals surface area (Å²) in [5.41, 5.74) is 7.79. The van der Waals surface area contributed by atoms with Crippen LogP contribution >= 0.6 is 0 Å². The van der Waals surface area contributed by atoms with Crippen molar-refractivity contribution < 1.29 is 4.79 Å². The predicted octanol–water partition coefficient (Wildman–Crippen LogP) is 0.418. The quantitative estimate of drug-likeness (QED) is 0.685. The Hall–Kier alpha value is -2.06. The van der Waals surface area contributed by atoms with E-state index in [0.717, 1.165) is 5.56 Å². The molecule has 0 radical (unpaired) electrons. The van der Waals surface area contributed by atoms with Crippen LogP contribution in [-0.2, 0) is 6.54 Å². The lowest BCUT2D eigenvalue weighted by Gasteiger charge is -2.11. The van der Waals surface area contributed by atoms with Gasteiger partial charge in [0.25, 0.3) is 5.91 Å². The van der Waals surface area contributed by atoms with Crippen LogP contribution in [0.5, 0.6) is 0 Å². The molecular weight excluding hydrogens is 204 g/mol. The summed E-state index contributed by atoms with van der Waals surface area (Å²) in [5, 5.41) is 14.4. The van der Waals surface area contributed by atoms with Gasteiger partial charge in [0.15, 0.2) is 0 Å². The van der Waals surface area contributed by atoms with Crippen LogP contribution in [0.15, 0.2) is 12.1 Å². The first-order chi connectivity index (χ1) is 7.67. The van der Waals surface area contributed by atoms with Gasteiger partial charge in [-0.2, -0.15) is 5.26 Å². The fourth-order valence-corrected chi connectivity index (χ4v) is 1.45. The Labute approximate surface area is 94.2 Å². The molecule has 0 aliphatic rings. The monoisotopic (exact) mass is 218 g/mol. The van der Waals surface area contributed by atoms with Gasteiger partial charge in [-0.25, -0.2) is 0 Å². The molecule has 0 atom stereocenters. The number of amides is 1. The van der Waals surface area contributed by atoms with E-state index in [9.17, 15) is 4.79 Å². The first kappa shape index (κ1) is 12.0. The number of nitrogens with two attached hydrogens (primary N) is 1. The molecule has 16 heavy (non-hydrogen) atoms. The lowest BCUT2D eigenvalue weighted by atomic mass is 10.0. The third-order valence-corrected chi connectivity index (χ3v) is 2.32. The summed E-state index contributed by atoms with van der Waals surface area (Å²) in [6, 6.07) is 5.30. The molecule has 0 aromatic heterocycles. The van der Waals surface area contributed by atoms with Crippen LogP contribution in [0.1, 0.15) is 21.5 Å². The standard InChI is InChI=1S/C11H14N4O/c1-14-10-4-8(6-13)7(5-12)3-9(10)11(16)15-2/h3-4,14H,6,13H2,1-2H3,(H,15,16). The topological polar surface area (TPSA) is 90.9 Å². The van der Waals surface area contributed by atoms with Crippen LogP contribution < -0.4 is 16.4 Å². The average molecular weight is 218 g/mol. The van der Waals surface area contributed by atoms with E-state index in [2.05, 4.69) is 10.6 Å². The maximum atomic E-state index is 11.6. The number of nitriles is 1. The molecule has 0 aliphatic heterocycles. The van der Waals surface area contributed by atoms with E-state index in [1.807, 2.05) is 6.07 Å². The van der Waals surface area contributed by atoms with Gasteiger partial charge in [-0.15, -0.1) is 0 Å². The molecule has 0 saturated heterocycles. The summed E-state index contributed by atoms with van der Waals surface area (Å²) in [7, 11) is 3.26. The minimum Gasteiger partial charge on any atom is -0.387 e. The van der Waals surface area contributed by atoms with Gasteiger partial charge in [0.05, 0.1) is 17.2 Å². The Kier molecular flexibility index (Phi) is 3.86. The number of rotatable bonds is 3. The van der Waals surface area contributed by atoms with Gasteiger partial charge in [-0.1, -0.05) is 0 Å². The molecule has 0 fully saturated rings. The summed E-state index contributed by atoms with van der Waals surface area (Å²) < 4.78 is 0. The summed E-state index contributed by atoms with van der Waals surface area (Å²) in [6.45, 7) is 0.269. The molecule has 0 saturated carbocycles. The highest BCUT2D eigenvalue weighted by Crippen LogP contribution is 2.20. The summed E-state index contributed by atoms with van der Waals surface area (Å²) in [4.78, 5) is 11.6. The fraction of sp³-hybridized carbons (Fsp3) is 0.273. The van der Waals surface area contributed by atoms with Crippen molar-refractivity contribution >= 4 is 11.6 Å². The highest BCUT2D eigenvalue weighted by atomic mass is 16.1. The molecule has 84 valence electrons. The molecule has 0 aliphatic carbocycles. The number of carbonyl (C=O) groups excluding carboxylic acids is 1. The molecule has 0 unspecified atom stereocenters. The molecule has 5 heteroatoms. The van der Waals surface area contributed by atoms with Crippen molar-refractivity contribution in [3.63, 3.8) is 0 Å². The van der Waals surface area contributed by atoms with Gasteiger partial charge < -0.3 is 16.4 Å². The maximum absolute atomic E-state index is 11.6. The van der Waals surface area contributed by atoms with E-state index in [-0.39, 0.29) is 12.5 Å². The van der Waals surface area contributed by atoms with Crippen molar-refractivity contribution in [3.05, 3.63) is 28.8 Å². The van der Waals surface area contributed by atoms with Crippen LogP contribution in [0.3, 0.4) is 0 Å². The minimum absolute atomic E-state index is 0.232. The molecule has 1 rings (SSSR count). The Morgan fingerprint density at radius 3 is 2.62 bits per heavy atom. The van der Waals surface area contributed by atoms with Gasteiger partial charge in [-0.3, -0.25) is 4.79 Å². The van der Waals surface area contributed by atoms with Gasteiger partial charge in [-0.05, 0) is 17.7 Å². The van der Waals surface area contributed by atoms with Crippen molar-refractivity contribution in [1.82, 2.24) is 5.32 Å². The Morgan fingerprint density at radius 2 is 2.19 bits per heavy atom. The summed E-state index contributed by atoms with van der Waals surface area (Å²) in [6.07, 6.45) is 0. The number of hydrogen-bond acceptors (Lipinski definition) is 4. The van der Waals surface area contributed by atoms with E-state index in [1.54, 1.807) is 26.2 Å². The number of hydrogen-bond donors (Lipinski definition) is 3. The number of nitrogens with zero attached hydrogens (tertiary/aromatic N) is 1. The molecule has 0 bridgehead atoms. The van der Waals surface area contributed by atoms with Crippen LogP contribution in [0.25, 0.3) is 0 Å². The SMILES string of the molecule is CNC(=O)c1cc(C#N)c(CN)cc1NC. The van der Waals surface area contributed by atoms with Crippen molar-refractivity contribution in [2.75, 3.05) is 19.4 Å². The lowest BCUT2D eigenvalue weighted by Crippen LogP contribution is -2.20. The summed E-state index contributed by atoms with van der Waals surface area (Å²) >= 11 is 0. The van der Waals surface area contributed by atoms with Crippen molar-refractivity contribution in [3.8, 4) is 6.07 Å². The first-order valence-corrected chi connectivity index (χ1v) is 4.84. The molecule has 0 spiro atoms. The second-order valence-corrected chi connectivity index (χ2v) is 3.20. The van der Waals surface area contributed by atoms with E-state index >= 15 is 0 Å². The molecule has 0 heterocycles. The zero-order valence-corrected chi connectivity index (χ0v) is 9.29. The van der Waals surface area contributed by atoms with Gasteiger partial charge >= 0.3 is 0 Å². The zero-order chi connectivity index (χ0) is 12.1. The fourth-order valence-electron chi connectivity index (χ4n) is 1.45. The number of anilines is 1. The van der Waals surface area contributed by atoms with Gasteiger partial charge in [0.2, 0.25) is 0 Å². The maximum Gasteiger partial charge on any atom is 0.253 e. The van der Waals surface area contributed by atoms with Crippen LogP contribution in [0.2, 0.25) is 0 Å². The molecule has 1 aromatic rings. The zero-order valence-electron chi connectivity index (χ0n) is 9.29. The van der Waals surface area contributed by atoms with Crippen LogP contribution in [-0.4, -0.2) is 20.0 Å². The van der Waals surface area contributed by atoms with Crippen LogP contribution in [0.4, 0.5) is 5.69 Å². The van der Waals surface area contributed by atoms with E-state index in [4.69, 9.17) is 11.0 Å². The molecule has 1 amide bonds. The molecule has 4 N–H and O–H groups in total. The Morgan fingerprint density at radius 1 is 1.50 bits per heavy atom. The predicted molar refractivity (Wildman–Crippen MR) is 62.0 cm³/mol. The third-order valence-electron chi connectivity index (χ3n) is 2.32. The average Bonchev–Trinajstić information content (AvgIpc) is 2.35. The molecule has 5 nitrogen and oxygen atoms in total. The van der Waals surface area contributed by atoms with Crippen molar-refractivity contribution in [2.24, 2.45) is 5.73 Å². The smallest absolute Gasteiger partial charge is 0.253 e. The minimum atomic E-state index is -0.232. The Bertz CT molecular complexity index is 448. The van der Waals surface area contributed by atoms with E-state index < -0.39 is 0 Å². The van der Waals surface area contributed by atoms with Crippen molar-refractivity contribution in [1.29, 1.82) is 5.26 Å². The summed E-state index contributed by atoms with van der Waals surface area (Å²) in [5.74, 6) is -0.232. The van der Waals surface area contributed by atoms with E-state index in [0.29, 0.717) is 16.8 Å². The second-order valence-electron chi connectivity index (χ2n) is 3.20. The van der Waals surface area contributed by atoms with Gasteiger partial charge in [0.1, 0.15) is 0 Å². The Balaban J connectivity index is 3.38. The second kappa shape index (κ2) is 5.14. The number of carbonyl (C=O) groups is 1.